The number of amides is 8. The van der Waals surface area contributed by atoms with Gasteiger partial charge in [-0.05, 0) is 114 Å². The van der Waals surface area contributed by atoms with E-state index < -0.39 is 33.5 Å². The van der Waals surface area contributed by atoms with Crippen molar-refractivity contribution in [3.63, 3.8) is 0 Å². The summed E-state index contributed by atoms with van der Waals surface area (Å²) in [5.74, 6) is 0.609. The number of aromatic nitrogens is 9. The lowest BCUT2D eigenvalue weighted by molar-refractivity contribution is -0.122. The molecule has 0 radical (unpaired) electrons. The van der Waals surface area contributed by atoms with E-state index in [1.54, 1.807) is 118 Å². The van der Waals surface area contributed by atoms with Gasteiger partial charge in [0.15, 0.2) is 0 Å². The van der Waals surface area contributed by atoms with Crippen molar-refractivity contribution in [1.29, 1.82) is 0 Å². The third-order valence-corrected chi connectivity index (χ3v) is 22.7. The summed E-state index contributed by atoms with van der Waals surface area (Å²) in [6.45, 7) is 8.15. The maximum Gasteiger partial charge on any atom is 0.407 e. The monoisotopic (exact) mass is 1400 g/mol. The summed E-state index contributed by atoms with van der Waals surface area (Å²) in [6, 6.07) is 17.0. The van der Waals surface area contributed by atoms with E-state index in [1.807, 2.05) is 23.5 Å². The topological polar surface area (TPSA) is 339 Å². The Morgan fingerprint density at radius 3 is 1.88 bits per heavy atom. The molecule has 4 saturated heterocycles. The first kappa shape index (κ1) is 70.6. The summed E-state index contributed by atoms with van der Waals surface area (Å²) in [6.07, 6.45) is 10.9. The molecule has 4 aliphatic rings. The van der Waals surface area contributed by atoms with Crippen molar-refractivity contribution in [3.05, 3.63) is 118 Å². The average molecular weight is 1410 g/mol. The predicted octanol–water partition coefficient (Wildman–Crippen LogP) is 5.97. The summed E-state index contributed by atoms with van der Waals surface area (Å²) < 4.78 is 57.4. The van der Waals surface area contributed by atoms with Gasteiger partial charge in [-0.25, -0.2) is 36.3 Å². The van der Waals surface area contributed by atoms with Crippen LogP contribution in [0.4, 0.5) is 24.5 Å². The normalized spacial score (nSPS) is 19.1. The van der Waals surface area contributed by atoms with E-state index in [4.69, 9.17) is 4.74 Å². The number of thioether (sulfide) groups is 2. The molecule has 0 spiro atoms. The number of anilines is 1. The maximum atomic E-state index is 15.9. The molecule has 4 aromatic heterocycles. The van der Waals surface area contributed by atoms with Crippen molar-refractivity contribution < 1.29 is 46.3 Å². The molecule has 4 fully saturated rings. The zero-order valence-electron chi connectivity index (χ0n) is 55.8. The number of imidazole rings is 1. The third kappa shape index (κ3) is 17.2. The van der Waals surface area contributed by atoms with Crippen LogP contribution in [-0.2, 0) is 69.9 Å². The lowest BCUT2D eigenvalue weighted by atomic mass is 10.0. The molecule has 28 nitrogen and oxygen atoms in total. The molecule has 32 heteroatoms. The second kappa shape index (κ2) is 31.0. The van der Waals surface area contributed by atoms with Gasteiger partial charge in [0.05, 0.1) is 71.1 Å². The summed E-state index contributed by atoms with van der Waals surface area (Å²) >= 11 is 3.71. The van der Waals surface area contributed by atoms with Gasteiger partial charge in [0.25, 0.3) is 5.91 Å². The van der Waals surface area contributed by atoms with Crippen LogP contribution in [0.1, 0.15) is 99.6 Å². The molecule has 8 amide bonds. The fourth-order valence-corrected chi connectivity index (χ4v) is 17.0. The molecular formula is C66H85FN18O10S3. The fraction of sp³-hybridized carbons (Fsp3) is 0.500. The maximum absolute atomic E-state index is 15.9. The summed E-state index contributed by atoms with van der Waals surface area (Å²) in [4.78, 5) is 90.7. The van der Waals surface area contributed by atoms with Crippen molar-refractivity contribution in [2.75, 3.05) is 50.6 Å². The first-order valence-corrected chi connectivity index (χ1v) is 36.7. The molecule has 8 heterocycles. The Hall–Kier alpha value is -8.75. The van der Waals surface area contributed by atoms with Gasteiger partial charge in [-0.15, -0.1) is 10.2 Å². The van der Waals surface area contributed by atoms with Crippen LogP contribution in [0.15, 0.2) is 94.7 Å². The van der Waals surface area contributed by atoms with E-state index in [9.17, 15) is 42.0 Å². The molecule has 4 aliphatic heterocycles. The van der Waals surface area contributed by atoms with Crippen molar-refractivity contribution in [1.82, 2.24) is 85.2 Å². The van der Waals surface area contributed by atoms with E-state index in [0.29, 0.717) is 105 Å². The molecule has 8 N–H and O–H groups in total. The summed E-state index contributed by atoms with van der Waals surface area (Å²) in [5, 5.41) is 42.1. The number of nitrogens with zero attached hydrogens (tertiary/aromatic N) is 10. The van der Waals surface area contributed by atoms with Crippen molar-refractivity contribution >= 4 is 97.0 Å². The van der Waals surface area contributed by atoms with Crippen LogP contribution >= 0.6 is 23.5 Å². The number of fused-ring (bicyclic) bond motifs is 4. The van der Waals surface area contributed by atoms with E-state index in [-0.39, 0.29) is 103 Å². The number of hydrogen-bond donors (Lipinski definition) is 8. The molecule has 0 unspecified atom stereocenters. The Labute approximate surface area is 575 Å². The molecular weight excluding hydrogens is 1320 g/mol. The minimum Gasteiger partial charge on any atom is -0.444 e. The van der Waals surface area contributed by atoms with E-state index in [2.05, 4.69) is 63.2 Å². The lowest BCUT2D eigenvalue weighted by Gasteiger charge is -2.19. The van der Waals surface area contributed by atoms with Gasteiger partial charge >= 0.3 is 23.8 Å². The minimum atomic E-state index is -3.87. The molecule has 0 aliphatic carbocycles. The number of aryl methyl sites for hydroxylation is 4. The highest BCUT2D eigenvalue weighted by Crippen LogP contribution is 2.38. The number of unbranched alkanes of at least 4 members (excludes halogenated alkanes) is 2. The Balaban J connectivity index is 0.772. The van der Waals surface area contributed by atoms with Gasteiger partial charge in [-0.1, -0.05) is 35.4 Å². The number of urea groups is 2. The molecule has 3 aromatic carbocycles. The summed E-state index contributed by atoms with van der Waals surface area (Å²) in [7, 11) is -0.996. The van der Waals surface area contributed by atoms with Crippen molar-refractivity contribution in [2.24, 2.45) is 0 Å². The largest absolute Gasteiger partial charge is 0.444 e. The number of carbonyl (C=O) groups is 6. The van der Waals surface area contributed by atoms with Crippen LogP contribution in [-0.4, -0.2) is 178 Å². The molecule has 0 saturated carbocycles. The lowest BCUT2D eigenvalue weighted by Crippen LogP contribution is -2.36. The quantitative estimate of drug-likeness (QED) is 0.0183. The molecule has 6 atom stereocenters. The highest BCUT2D eigenvalue weighted by atomic mass is 32.2. The number of allylic oxidation sites excluding steroid dienone is 1. The number of sulfonamides is 1. The van der Waals surface area contributed by atoms with Gasteiger partial charge in [-0.3, -0.25) is 32.9 Å². The number of alkyl carbamates (subject to hydrolysis) is 1. The number of carbonyl (C=O) groups excluding carboxylic acids is 6. The van der Waals surface area contributed by atoms with Crippen LogP contribution in [0.2, 0.25) is 0 Å². The third-order valence-electron chi connectivity index (χ3n) is 17.9. The molecule has 524 valence electrons. The van der Waals surface area contributed by atoms with Crippen LogP contribution in [0.3, 0.4) is 0 Å². The highest BCUT2D eigenvalue weighted by molar-refractivity contribution is 8.00. The van der Waals surface area contributed by atoms with Crippen LogP contribution in [0.25, 0.3) is 33.1 Å². The van der Waals surface area contributed by atoms with Crippen LogP contribution in [0, 0.1) is 6.92 Å². The highest BCUT2D eigenvalue weighted by Gasteiger charge is 2.44. The second-order valence-electron chi connectivity index (χ2n) is 26.3. The zero-order chi connectivity index (χ0) is 69.4. The fourth-order valence-electron chi connectivity index (χ4n) is 12.9. The number of hydrogen-bond acceptors (Lipinski definition) is 16. The Bertz CT molecular complexity index is 4330. The number of halogens is 1. The standard InChI is InChI=1S/C66H85FN18O10S3/c1-40-58(41-12-11-13-47(32-41)98(93,94)80(5)6)48-33-42(18-20-51(48)85(40)35-43(67)22-25-70-64(91)95-66(2,3)4)61(88)71-44-19-21-52-53(34-44)84(31-29-82-37-46(77-79-82)24-27-69-57(87)17-10-8-15-55-60-50(39-97-55)73-63(90)75-60)65(92)83(52)30-28-81-36-45(76-78-81)23-26-68-56(86)16-9-7-14-54-59-49(38-96-54)72-62(89)74-59/h11-13,18-22,32-34,36-37,49-50,54-55,59-60H,7-10,14-17,23-31,35,38-39H2,1-6H3,(H,68,86)(H,69,87)(H,70,91)(H,71,88)(H2,72,74,89)(H2,73,75,90)/b43-22-/t49-,50-,54-,55-,59-,60-/m0/s1. The van der Waals surface area contributed by atoms with Crippen LogP contribution in [0.5, 0.6) is 0 Å². The van der Waals surface area contributed by atoms with Crippen molar-refractivity contribution in [3.8, 4) is 11.1 Å². The number of ether oxygens (including phenoxy) is 1. The van der Waals surface area contributed by atoms with Gasteiger partial charge in [0.2, 0.25) is 21.8 Å². The average Bonchev–Trinajstić information content (AvgIpc) is 1.59. The Kier molecular flexibility index (Phi) is 22.3. The van der Waals surface area contributed by atoms with Crippen molar-refractivity contribution in [2.45, 2.75) is 170 Å². The van der Waals surface area contributed by atoms with Gasteiger partial charge in [-0.2, -0.15) is 23.5 Å². The Morgan fingerprint density at radius 1 is 0.714 bits per heavy atom. The minimum absolute atomic E-state index is 0.0364. The van der Waals surface area contributed by atoms with E-state index in [0.717, 1.165) is 54.3 Å². The number of nitrogens with one attached hydrogen (secondary N) is 8. The Morgan fingerprint density at radius 2 is 1.30 bits per heavy atom. The molecule has 0 bridgehead atoms. The summed E-state index contributed by atoms with van der Waals surface area (Å²) in [5.41, 5.74) is 4.14. The molecule has 98 heavy (non-hydrogen) atoms. The number of rotatable bonds is 31. The first-order chi connectivity index (χ1) is 46.9. The van der Waals surface area contributed by atoms with E-state index >= 15 is 4.39 Å². The SMILES string of the molecule is Cc1c(-c2cccc(S(=O)(=O)N(C)C)c2)c2cc(C(=O)Nc3ccc4c(c3)n(CCn3cc(CCNC(=O)CCCC[C@@H]5SC[C@@H]6NC(=O)N[C@@H]65)nn3)c(=O)n4CCn3cc(CCNC(=O)CCCC[C@@H]4SC[C@@H]5NC(=O)N[C@@H]54)nn3)ccc2n1C/C(F)=C/CNC(=O)OC(C)(C)C. The van der Waals surface area contributed by atoms with E-state index in [1.165, 1.54) is 26.2 Å². The number of benzene rings is 3. The van der Waals surface area contributed by atoms with Gasteiger partial charge in [0, 0.05) is 140 Å². The predicted molar refractivity (Wildman–Crippen MR) is 372 cm³/mol. The molecule has 11 rings (SSSR count). The van der Waals surface area contributed by atoms with Gasteiger partial charge in [0.1, 0.15) is 11.4 Å². The zero-order valence-corrected chi connectivity index (χ0v) is 58.2. The smallest absolute Gasteiger partial charge is 0.407 e. The molecule has 7 aromatic rings. The van der Waals surface area contributed by atoms with Crippen LogP contribution < -0.4 is 48.2 Å². The second-order valence-corrected chi connectivity index (χ2v) is 30.9. The first-order valence-electron chi connectivity index (χ1n) is 33.1. The van der Waals surface area contributed by atoms with Gasteiger partial charge < -0.3 is 51.8 Å².